The summed E-state index contributed by atoms with van der Waals surface area (Å²) in [4.78, 5) is 0. The van der Waals surface area contributed by atoms with E-state index < -0.39 is 29.5 Å². The molecular formula is C22H30F4O. The molecule has 1 aromatic carbocycles. The zero-order valence-corrected chi connectivity index (χ0v) is 16.2. The quantitative estimate of drug-likeness (QED) is 0.491. The highest BCUT2D eigenvalue weighted by molar-refractivity contribution is 5.33. The highest BCUT2D eigenvalue weighted by Crippen LogP contribution is 2.46. The molecule has 152 valence electrons. The van der Waals surface area contributed by atoms with Crippen LogP contribution in [0.3, 0.4) is 0 Å². The van der Waals surface area contributed by atoms with Gasteiger partial charge in [-0.05, 0) is 74.3 Å². The average molecular weight is 386 g/mol. The molecule has 2 fully saturated rings. The maximum absolute atomic E-state index is 14.7. The van der Waals surface area contributed by atoms with Gasteiger partial charge in [-0.25, -0.2) is 13.2 Å². The predicted octanol–water partition coefficient (Wildman–Crippen LogP) is 7.09. The molecule has 0 N–H and O–H groups in total. The number of hydrogen-bond donors (Lipinski definition) is 0. The summed E-state index contributed by atoms with van der Waals surface area (Å²) in [7, 11) is 1.18. The topological polar surface area (TPSA) is 9.23 Å². The number of hydrogen-bond acceptors (Lipinski definition) is 1. The van der Waals surface area contributed by atoms with Crippen LogP contribution in [0.15, 0.2) is 12.1 Å². The molecule has 27 heavy (non-hydrogen) atoms. The molecule has 0 spiro atoms. The molecule has 3 rings (SSSR count). The fourth-order valence-corrected chi connectivity index (χ4v) is 5.07. The first-order valence-electron chi connectivity index (χ1n) is 10.2. The van der Waals surface area contributed by atoms with Crippen molar-refractivity contribution in [3.05, 3.63) is 29.3 Å². The number of rotatable bonds is 5. The largest absolute Gasteiger partial charge is 0.494 e. The smallest absolute Gasteiger partial charge is 0.276 e. The van der Waals surface area contributed by atoms with Crippen molar-refractivity contribution in [1.82, 2.24) is 0 Å². The third-order valence-electron chi connectivity index (χ3n) is 6.82. The summed E-state index contributed by atoms with van der Waals surface area (Å²) in [5.41, 5.74) is -0.857. The highest BCUT2D eigenvalue weighted by Gasteiger charge is 2.40. The molecular weight excluding hydrogens is 356 g/mol. The molecule has 1 nitrogen and oxygen atoms in total. The van der Waals surface area contributed by atoms with E-state index in [-0.39, 0.29) is 11.7 Å². The Bertz CT molecular complexity index is 629. The van der Waals surface area contributed by atoms with Gasteiger partial charge in [0.25, 0.3) is 5.92 Å². The van der Waals surface area contributed by atoms with Gasteiger partial charge in [0.05, 0.1) is 12.7 Å². The van der Waals surface area contributed by atoms with E-state index in [1.54, 1.807) is 0 Å². The molecule has 5 heteroatoms. The van der Waals surface area contributed by atoms with Gasteiger partial charge in [-0.3, -0.25) is 0 Å². The van der Waals surface area contributed by atoms with Crippen LogP contribution in [0.1, 0.15) is 70.3 Å². The van der Waals surface area contributed by atoms with Crippen molar-refractivity contribution in [1.29, 1.82) is 0 Å². The Kier molecular flexibility index (Phi) is 6.37. The van der Waals surface area contributed by atoms with Crippen molar-refractivity contribution in [2.75, 3.05) is 7.11 Å². The van der Waals surface area contributed by atoms with E-state index in [4.69, 9.17) is 0 Å². The third-order valence-corrected chi connectivity index (χ3v) is 6.82. The van der Waals surface area contributed by atoms with Gasteiger partial charge in [-0.2, -0.15) is 4.39 Å². The first-order valence-corrected chi connectivity index (χ1v) is 10.2. The lowest BCUT2D eigenvalue weighted by atomic mass is 9.68. The molecule has 0 amide bonds. The van der Waals surface area contributed by atoms with Crippen molar-refractivity contribution in [2.45, 2.75) is 70.6 Å². The summed E-state index contributed by atoms with van der Waals surface area (Å²) in [6, 6.07) is 2.02. The lowest BCUT2D eigenvalue weighted by Gasteiger charge is -2.38. The van der Waals surface area contributed by atoms with Crippen LogP contribution in [0.4, 0.5) is 17.6 Å². The maximum atomic E-state index is 14.7. The maximum Gasteiger partial charge on any atom is 0.276 e. The molecule has 1 aromatic rings. The molecule has 0 radical (unpaired) electrons. The standard InChI is InChI=1S/C22H30F4O/c1-14-3-7-16(8-4-14)17-9-5-15(6-10-17)13-22(25,26)18-11-12-19(27-2)21(24)20(18)23/h11-12,14-17H,3-10,13H2,1-2H3. The van der Waals surface area contributed by atoms with Crippen LogP contribution in [0.25, 0.3) is 0 Å². The zero-order valence-electron chi connectivity index (χ0n) is 16.2. The van der Waals surface area contributed by atoms with Crippen LogP contribution in [-0.4, -0.2) is 7.11 Å². The molecule has 0 atom stereocenters. The zero-order chi connectivity index (χ0) is 19.6. The lowest BCUT2D eigenvalue weighted by molar-refractivity contribution is -0.0405. The number of benzene rings is 1. The van der Waals surface area contributed by atoms with Crippen molar-refractivity contribution in [3.63, 3.8) is 0 Å². The van der Waals surface area contributed by atoms with Crippen LogP contribution in [0, 0.1) is 35.3 Å². The van der Waals surface area contributed by atoms with Crippen molar-refractivity contribution in [3.8, 4) is 5.75 Å². The minimum atomic E-state index is -3.37. The number of methoxy groups -OCH3 is 1. The molecule has 2 aliphatic rings. The minimum absolute atomic E-state index is 0.136. The number of halogens is 4. The summed E-state index contributed by atoms with van der Waals surface area (Å²) >= 11 is 0. The molecule has 2 saturated carbocycles. The fraction of sp³-hybridized carbons (Fsp3) is 0.727. The van der Waals surface area contributed by atoms with E-state index in [9.17, 15) is 17.6 Å². The molecule has 2 aliphatic carbocycles. The molecule has 0 saturated heterocycles. The normalized spacial score (nSPS) is 29.6. The van der Waals surface area contributed by atoms with Gasteiger partial charge >= 0.3 is 0 Å². The van der Waals surface area contributed by atoms with Crippen LogP contribution in [0.2, 0.25) is 0 Å². The first-order chi connectivity index (χ1) is 12.8. The summed E-state index contributed by atoms with van der Waals surface area (Å²) in [5, 5.41) is 0. The monoisotopic (exact) mass is 386 g/mol. The third kappa shape index (κ3) is 4.60. The van der Waals surface area contributed by atoms with Gasteiger partial charge in [0, 0.05) is 6.42 Å². The second-order valence-corrected chi connectivity index (χ2v) is 8.65. The second-order valence-electron chi connectivity index (χ2n) is 8.65. The molecule has 0 unspecified atom stereocenters. The first kappa shape index (κ1) is 20.5. The van der Waals surface area contributed by atoms with Crippen LogP contribution < -0.4 is 4.74 Å². The summed E-state index contributed by atoms with van der Waals surface area (Å²) in [6.45, 7) is 2.30. The Hall–Kier alpha value is -1.26. The van der Waals surface area contributed by atoms with Crippen LogP contribution >= 0.6 is 0 Å². The Balaban J connectivity index is 1.59. The summed E-state index contributed by atoms with van der Waals surface area (Å²) in [6.07, 6.45) is 8.17. The number of ether oxygens (including phenoxy) is 1. The van der Waals surface area contributed by atoms with Gasteiger partial charge in [-0.1, -0.05) is 19.8 Å². The van der Waals surface area contributed by atoms with E-state index in [1.807, 2.05) is 0 Å². The molecule has 0 heterocycles. The Labute approximate surface area is 159 Å². The van der Waals surface area contributed by atoms with Gasteiger partial charge in [0.2, 0.25) is 5.82 Å². The Morgan fingerprint density at radius 1 is 0.889 bits per heavy atom. The SMILES string of the molecule is COc1ccc(C(F)(F)CC2CCC(C3CCC(C)CC3)CC2)c(F)c1F. The van der Waals surface area contributed by atoms with E-state index in [2.05, 4.69) is 11.7 Å². The predicted molar refractivity (Wildman–Crippen MR) is 98.0 cm³/mol. The minimum Gasteiger partial charge on any atom is -0.494 e. The summed E-state index contributed by atoms with van der Waals surface area (Å²) < 4.78 is 61.9. The van der Waals surface area contributed by atoms with E-state index in [1.165, 1.54) is 32.8 Å². The Morgan fingerprint density at radius 3 is 2.00 bits per heavy atom. The van der Waals surface area contributed by atoms with Gasteiger partial charge in [0.15, 0.2) is 11.6 Å². The van der Waals surface area contributed by atoms with Crippen LogP contribution in [-0.2, 0) is 5.92 Å². The van der Waals surface area contributed by atoms with E-state index >= 15 is 0 Å². The molecule has 0 bridgehead atoms. The van der Waals surface area contributed by atoms with E-state index in [0.717, 1.165) is 49.7 Å². The molecule has 0 aliphatic heterocycles. The molecule has 0 aromatic heterocycles. The van der Waals surface area contributed by atoms with Gasteiger partial charge in [-0.15, -0.1) is 0 Å². The van der Waals surface area contributed by atoms with Gasteiger partial charge in [0.1, 0.15) is 0 Å². The average Bonchev–Trinajstić information content (AvgIpc) is 2.65. The second kappa shape index (κ2) is 8.40. The fourth-order valence-electron chi connectivity index (χ4n) is 5.07. The lowest BCUT2D eigenvalue weighted by Crippen LogP contribution is -2.28. The summed E-state index contributed by atoms with van der Waals surface area (Å²) in [5.74, 6) is -4.48. The highest BCUT2D eigenvalue weighted by atomic mass is 19.3. The van der Waals surface area contributed by atoms with E-state index in [0.29, 0.717) is 5.92 Å². The van der Waals surface area contributed by atoms with Crippen molar-refractivity contribution in [2.24, 2.45) is 23.7 Å². The van der Waals surface area contributed by atoms with Crippen LogP contribution in [0.5, 0.6) is 5.75 Å². The Morgan fingerprint density at radius 2 is 1.44 bits per heavy atom. The van der Waals surface area contributed by atoms with Crippen molar-refractivity contribution < 1.29 is 22.3 Å². The number of alkyl halides is 2. The van der Waals surface area contributed by atoms with Crippen molar-refractivity contribution >= 4 is 0 Å². The van der Waals surface area contributed by atoms with Gasteiger partial charge < -0.3 is 4.74 Å².